The number of ether oxygens (including phenoxy) is 1. The van der Waals surface area contributed by atoms with Crippen LogP contribution >= 0.6 is 12.2 Å². The number of nitrogens with one attached hydrogen (secondary N) is 2. The molecule has 156 valence electrons. The molecule has 3 heterocycles. The second kappa shape index (κ2) is 7.96. The lowest BCUT2D eigenvalue weighted by Gasteiger charge is -2.26. The number of benzene rings is 1. The predicted octanol–water partition coefficient (Wildman–Crippen LogP) is 3.23. The molecule has 30 heavy (non-hydrogen) atoms. The number of hydrogen-bond donors (Lipinski definition) is 2. The maximum absolute atomic E-state index is 11.8. The molecule has 0 saturated carbocycles. The van der Waals surface area contributed by atoms with Crippen LogP contribution in [0.1, 0.15) is 23.5 Å². The van der Waals surface area contributed by atoms with E-state index < -0.39 is 10.0 Å². The van der Waals surface area contributed by atoms with Crippen LogP contribution in [0.5, 0.6) is 5.75 Å². The number of aromatic nitrogens is 1. The fourth-order valence-corrected chi connectivity index (χ4v) is 4.41. The molecular formula is C20H20N4O4S2. The van der Waals surface area contributed by atoms with Crippen LogP contribution in [-0.4, -0.2) is 31.9 Å². The Bertz CT molecular complexity index is 1150. The van der Waals surface area contributed by atoms with Gasteiger partial charge in [-0.3, -0.25) is 9.71 Å². The van der Waals surface area contributed by atoms with Gasteiger partial charge in [0.2, 0.25) is 10.0 Å². The molecule has 3 aromatic rings. The van der Waals surface area contributed by atoms with Gasteiger partial charge in [0.1, 0.15) is 17.6 Å². The number of hydrogen-bond acceptors (Lipinski definition) is 6. The van der Waals surface area contributed by atoms with E-state index in [9.17, 15) is 8.42 Å². The predicted molar refractivity (Wildman–Crippen MR) is 118 cm³/mol. The Balaban J connectivity index is 1.80. The Kier molecular flexibility index (Phi) is 5.35. The van der Waals surface area contributed by atoms with Crippen molar-refractivity contribution in [2.45, 2.75) is 12.1 Å². The Morgan fingerprint density at radius 2 is 2.07 bits per heavy atom. The first kappa shape index (κ1) is 20.2. The van der Waals surface area contributed by atoms with E-state index >= 15 is 0 Å². The zero-order valence-electron chi connectivity index (χ0n) is 16.3. The van der Waals surface area contributed by atoms with Crippen molar-refractivity contribution < 1.29 is 17.6 Å². The number of anilines is 2. The van der Waals surface area contributed by atoms with E-state index in [1.807, 2.05) is 41.3 Å². The molecule has 2 atom stereocenters. The molecule has 2 aromatic heterocycles. The van der Waals surface area contributed by atoms with E-state index in [2.05, 4.69) is 15.0 Å². The lowest BCUT2D eigenvalue weighted by atomic mass is 10.0. The van der Waals surface area contributed by atoms with Gasteiger partial charge in [-0.1, -0.05) is 6.07 Å². The third-order valence-electron chi connectivity index (χ3n) is 4.69. The summed E-state index contributed by atoms with van der Waals surface area (Å²) in [7, 11) is -2.02. The van der Waals surface area contributed by atoms with Crippen molar-refractivity contribution in [1.29, 1.82) is 0 Å². The van der Waals surface area contributed by atoms with Gasteiger partial charge in [-0.2, -0.15) is 0 Å². The first-order valence-electron chi connectivity index (χ1n) is 9.07. The van der Waals surface area contributed by atoms with E-state index in [0.29, 0.717) is 28.0 Å². The van der Waals surface area contributed by atoms with Crippen LogP contribution in [0.25, 0.3) is 0 Å². The average molecular weight is 445 g/mol. The van der Waals surface area contributed by atoms with Crippen LogP contribution < -0.4 is 19.7 Å². The summed E-state index contributed by atoms with van der Waals surface area (Å²) in [5.74, 6) is 1.10. The molecule has 1 fully saturated rings. The average Bonchev–Trinajstić information content (AvgIpc) is 3.35. The molecule has 1 aliphatic heterocycles. The zero-order chi connectivity index (χ0) is 21.3. The quantitative estimate of drug-likeness (QED) is 0.560. The molecule has 0 unspecified atom stereocenters. The normalized spacial score (nSPS) is 18.9. The van der Waals surface area contributed by atoms with Crippen molar-refractivity contribution in [2.75, 3.05) is 23.0 Å². The number of methoxy groups -OCH3 is 1. The summed E-state index contributed by atoms with van der Waals surface area (Å²) in [5.41, 5.74) is 1.81. The SMILES string of the molecule is COc1ccc(N2C(=S)N[C@H](c3ccccn3)[C@@H]2c2ccco2)cc1NS(C)(=O)=O. The first-order chi connectivity index (χ1) is 14.4. The summed E-state index contributed by atoms with van der Waals surface area (Å²) in [6.45, 7) is 0. The smallest absolute Gasteiger partial charge is 0.229 e. The van der Waals surface area contributed by atoms with Crippen LogP contribution in [0.3, 0.4) is 0 Å². The van der Waals surface area contributed by atoms with Gasteiger partial charge < -0.3 is 19.4 Å². The fourth-order valence-electron chi connectivity index (χ4n) is 3.51. The van der Waals surface area contributed by atoms with Gasteiger partial charge in [0, 0.05) is 11.9 Å². The molecule has 0 amide bonds. The summed E-state index contributed by atoms with van der Waals surface area (Å²) in [4.78, 5) is 6.36. The van der Waals surface area contributed by atoms with E-state index in [0.717, 1.165) is 11.9 Å². The standard InChI is InChI=1S/C20H20N4O4S2/c1-27-16-9-8-13(12-15(16)23-30(2,25)26)24-19(17-7-5-11-28-17)18(22-20(24)29)14-6-3-4-10-21-14/h3-12,18-19,23H,1-2H3,(H,22,29)/t18-,19+/m1/s1. The van der Waals surface area contributed by atoms with E-state index in [1.165, 1.54) is 7.11 Å². The van der Waals surface area contributed by atoms with Crippen LogP contribution in [0, 0.1) is 0 Å². The summed E-state index contributed by atoms with van der Waals surface area (Å²) >= 11 is 5.64. The topological polar surface area (TPSA) is 96.7 Å². The van der Waals surface area contributed by atoms with E-state index in [1.54, 1.807) is 24.6 Å². The van der Waals surface area contributed by atoms with Gasteiger partial charge in [0.15, 0.2) is 5.11 Å². The van der Waals surface area contributed by atoms with Crippen molar-refractivity contribution in [3.63, 3.8) is 0 Å². The molecule has 8 nitrogen and oxygen atoms in total. The highest BCUT2D eigenvalue weighted by atomic mass is 32.2. The largest absolute Gasteiger partial charge is 0.495 e. The van der Waals surface area contributed by atoms with Gasteiger partial charge in [-0.25, -0.2) is 8.42 Å². The second-order valence-electron chi connectivity index (χ2n) is 6.77. The minimum Gasteiger partial charge on any atom is -0.495 e. The molecule has 0 aliphatic carbocycles. The summed E-state index contributed by atoms with van der Waals surface area (Å²) < 4.78 is 37.1. The third kappa shape index (κ3) is 3.96. The maximum Gasteiger partial charge on any atom is 0.229 e. The lowest BCUT2D eigenvalue weighted by Crippen LogP contribution is -2.29. The Morgan fingerprint density at radius 3 is 2.70 bits per heavy atom. The van der Waals surface area contributed by atoms with E-state index in [-0.39, 0.29) is 12.1 Å². The minimum atomic E-state index is -3.50. The first-order valence-corrected chi connectivity index (χ1v) is 11.4. The van der Waals surface area contributed by atoms with Gasteiger partial charge in [0.05, 0.1) is 37.1 Å². The Labute approximate surface area is 179 Å². The van der Waals surface area contributed by atoms with Crippen LogP contribution in [0.15, 0.2) is 65.4 Å². The lowest BCUT2D eigenvalue weighted by molar-refractivity contribution is 0.416. The van der Waals surface area contributed by atoms with Gasteiger partial charge >= 0.3 is 0 Å². The second-order valence-corrected chi connectivity index (χ2v) is 8.91. The molecule has 1 aromatic carbocycles. The third-order valence-corrected chi connectivity index (χ3v) is 5.59. The Hall–Kier alpha value is -3.11. The van der Waals surface area contributed by atoms with Crippen molar-refractivity contribution in [3.05, 3.63) is 72.4 Å². The number of thiocarbonyl (C=S) groups is 1. The molecule has 4 rings (SSSR count). The highest BCUT2D eigenvalue weighted by Crippen LogP contribution is 2.43. The molecule has 1 aliphatic rings. The Morgan fingerprint density at radius 1 is 1.23 bits per heavy atom. The minimum absolute atomic E-state index is 0.252. The molecule has 0 spiro atoms. The van der Waals surface area contributed by atoms with Crippen LogP contribution in [-0.2, 0) is 10.0 Å². The van der Waals surface area contributed by atoms with Crippen LogP contribution in [0.2, 0.25) is 0 Å². The van der Waals surface area contributed by atoms with Crippen LogP contribution in [0.4, 0.5) is 11.4 Å². The highest BCUT2D eigenvalue weighted by Gasteiger charge is 2.42. The number of sulfonamides is 1. The highest BCUT2D eigenvalue weighted by molar-refractivity contribution is 7.92. The summed E-state index contributed by atoms with van der Waals surface area (Å²) in [5, 5.41) is 3.79. The summed E-state index contributed by atoms with van der Waals surface area (Å²) in [6.07, 6.45) is 4.42. The monoisotopic (exact) mass is 444 g/mol. The zero-order valence-corrected chi connectivity index (χ0v) is 17.9. The number of furan rings is 1. The van der Waals surface area contributed by atoms with Crippen molar-refractivity contribution >= 4 is 38.7 Å². The van der Waals surface area contributed by atoms with Gasteiger partial charge in [-0.15, -0.1) is 0 Å². The summed E-state index contributed by atoms with van der Waals surface area (Å²) in [6, 6.07) is 14.0. The van der Waals surface area contributed by atoms with Crippen molar-refractivity contribution in [3.8, 4) is 5.75 Å². The van der Waals surface area contributed by atoms with E-state index in [4.69, 9.17) is 21.4 Å². The number of pyridine rings is 1. The van der Waals surface area contributed by atoms with Gasteiger partial charge in [-0.05, 0) is 54.7 Å². The van der Waals surface area contributed by atoms with Crippen molar-refractivity contribution in [2.24, 2.45) is 0 Å². The fraction of sp³-hybridized carbons (Fsp3) is 0.200. The molecule has 0 radical (unpaired) electrons. The number of nitrogens with zero attached hydrogens (tertiary/aromatic N) is 2. The maximum atomic E-state index is 11.8. The molecule has 2 N–H and O–H groups in total. The number of rotatable bonds is 6. The van der Waals surface area contributed by atoms with Gasteiger partial charge in [0.25, 0.3) is 0 Å². The molecule has 0 bridgehead atoms. The molecule has 1 saturated heterocycles. The molecular weight excluding hydrogens is 424 g/mol. The molecule has 10 heteroatoms. The van der Waals surface area contributed by atoms with Crippen molar-refractivity contribution in [1.82, 2.24) is 10.3 Å².